The molecule has 28 heavy (non-hydrogen) atoms. The van der Waals surface area contributed by atoms with Gasteiger partial charge in [0.15, 0.2) is 0 Å². The van der Waals surface area contributed by atoms with E-state index in [1.807, 2.05) is 57.3 Å². The third-order valence-corrected chi connectivity index (χ3v) is 3.85. The molecule has 7 heteroatoms. The fraction of sp³-hybridized carbons (Fsp3) is 0.476. The molecule has 0 fully saturated rings. The molecule has 0 radical (unpaired) electrons. The molecule has 0 aliphatic rings. The summed E-state index contributed by atoms with van der Waals surface area (Å²) in [6.07, 6.45) is 2.92. The molecule has 1 heterocycles. The summed E-state index contributed by atoms with van der Waals surface area (Å²) in [5.74, 6) is -0.505. The fourth-order valence-corrected chi connectivity index (χ4v) is 2.46. The molecule has 0 aliphatic carbocycles. The van der Waals surface area contributed by atoms with Crippen molar-refractivity contribution >= 4 is 12.1 Å². The maximum atomic E-state index is 12.6. The standard InChI is InChI=1S/C21H29N3O4/c1-20(2,3)17(23-19(26)28-21(4,5)6)18(25)27-14-15-8-10-16(11-9-15)24-13-7-12-22-24/h7-13,17H,14H2,1-6H3,(H,23,26)/t17-/m0/s1. The Morgan fingerprint density at radius 1 is 1.11 bits per heavy atom. The van der Waals surface area contributed by atoms with Gasteiger partial charge in [0.2, 0.25) is 0 Å². The molecule has 0 unspecified atom stereocenters. The lowest BCUT2D eigenvalue weighted by atomic mass is 9.87. The number of carbonyl (C=O) groups is 2. The Bertz CT molecular complexity index is 785. The molecule has 1 N–H and O–H groups in total. The van der Waals surface area contributed by atoms with Crippen LogP contribution in [0.3, 0.4) is 0 Å². The van der Waals surface area contributed by atoms with Crippen LogP contribution in [0.2, 0.25) is 0 Å². The van der Waals surface area contributed by atoms with Gasteiger partial charge >= 0.3 is 12.1 Å². The van der Waals surface area contributed by atoms with Gasteiger partial charge in [0.05, 0.1) is 5.69 Å². The van der Waals surface area contributed by atoms with Crippen molar-refractivity contribution in [3.05, 3.63) is 48.3 Å². The largest absolute Gasteiger partial charge is 0.459 e. The van der Waals surface area contributed by atoms with Gasteiger partial charge in [-0.25, -0.2) is 14.3 Å². The number of esters is 1. The third-order valence-electron chi connectivity index (χ3n) is 3.85. The van der Waals surface area contributed by atoms with Crippen LogP contribution in [0.25, 0.3) is 5.69 Å². The molecule has 2 rings (SSSR count). The lowest BCUT2D eigenvalue weighted by Crippen LogP contribution is -2.51. The van der Waals surface area contributed by atoms with Gasteiger partial charge in [0.25, 0.3) is 0 Å². The lowest BCUT2D eigenvalue weighted by Gasteiger charge is -2.30. The molecule has 1 atom stereocenters. The quantitative estimate of drug-likeness (QED) is 0.788. The highest BCUT2D eigenvalue weighted by Crippen LogP contribution is 2.22. The van der Waals surface area contributed by atoms with E-state index in [0.717, 1.165) is 11.3 Å². The minimum atomic E-state index is -0.828. The Morgan fingerprint density at radius 2 is 1.75 bits per heavy atom. The number of benzene rings is 1. The van der Waals surface area contributed by atoms with Crippen LogP contribution in [0.1, 0.15) is 47.1 Å². The number of carbonyl (C=O) groups excluding carboxylic acids is 2. The first kappa shape index (κ1) is 21.5. The van der Waals surface area contributed by atoms with E-state index in [0.29, 0.717) is 0 Å². The minimum absolute atomic E-state index is 0.112. The Hall–Kier alpha value is -2.83. The van der Waals surface area contributed by atoms with Crippen molar-refractivity contribution in [3.8, 4) is 5.69 Å². The predicted octanol–water partition coefficient (Wildman–Crippen LogP) is 3.85. The number of amides is 1. The van der Waals surface area contributed by atoms with E-state index in [4.69, 9.17) is 9.47 Å². The number of nitrogens with one attached hydrogen (secondary N) is 1. The highest BCUT2D eigenvalue weighted by Gasteiger charge is 2.35. The van der Waals surface area contributed by atoms with Crippen molar-refractivity contribution in [1.82, 2.24) is 15.1 Å². The lowest BCUT2D eigenvalue weighted by molar-refractivity contribution is -0.150. The zero-order valence-electron chi connectivity index (χ0n) is 17.4. The second-order valence-corrected chi connectivity index (χ2v) is 8.67. The first-order chi connectivity index (χ1) is 13.0. The van der Waals surface area contributed by atoms with E-state index in [9.17, 15) is 9.59 Å². The molecule has 152 valence electrons. The maximum absolute atomic E-state index is 12.6. The van der Waals surface area contributed by atoms with Crippen LogP contribution in [0.4, 0.5) is 4.79 Å². The average Bonchev–Trinajstić information content (AvgIpc) is 3.10. The molecule has 7 nitrogen and oxygen atoms in total. The summed E-state index contributed by atoms with van der Waals surface area (Å²) in [4.78, 5) is 24.7. The SMILES string of the molecule is CC(C)(C)OC(=O)N[C@@H](C(=O)OCc1ccc(-n2cccn2)cc1)C(C)(C)C. The molecular formula is C21H29N3O4. The van der Waals surface area contributed by atoms with Crippen molar-refractivity contribution < 1.29 is 19.1 Å². The van der Waals surface area contributed by atoms with E-state index in [1.54, 1.807) is 31.6 Å². The van der Waals surface area contributed by atoms with E-state index in [2.05, 4.69) is 10.4 Å². The van der Waals surface area contributed by atoms with Gasteiger partial charge in [-0.05, 0) is 49.9 Å². The van der Waals surface area contributed by atoms with Gasteiger partial charge in [-0.3, -0.25) is 0 Å². The first-order valence-electron chi connectivity index (χ1n) is 9.21. The summed E-state index contributed by atoms with van der Waals surface area (Å²) >= 11 is 0. The summed E-state index contributed by atoms with van der Waals surface area (Å²) in [5.41, 5.74) is 0.582. The number of hydrogen-bond donors (Lipinski definition) is 1. The molecule has 0 aliphatic heterocycles. The van der Waals surface area contributed by atoms with Gasteiger partial charge < -0.3 is 14.8 Å². The van der Waals surface area contributed by atoms with Crippen LogP contribution in [-0.4, -0.2) is 33.5 Å². The van der Waals surface area contributed by atoms with E-state index in [1.165, 1.54) is 0 Å². The number of ether oxygens (including phenoxy) is 2. The van der Waals surface area contributed by atoms with Gasteiger partial charge in [0.1, 0.15) is 18.2 Å². The van der Waals surface area contributed by atoms with Crippen molar-refractivity contribution in [1.29, 1.82) is 0 Å². The number of alkyl carbamates (subject to hydrolysis) is 1. The average molecular weight is 387 g/mol. The zero-order valence-corrected chi connectivity index (χ0v) is 17.4. The summed E-state index contributed by atoms with van der Waals surface area (Å²) < 4.78 is 12.5. The van der Waals surface area contributed by atoms with E-state index < -0.39 is 29.1 Å². The highest BCUT2D eigenvalue weighted by atomic mass is 16.6. The molecule has 0 saturated heterocycles. The van der Waals surface area contributed by atoms with Gasteiger partial charge in [-0.1, -0.05) is 32.9 Å². The Morgan fingerprint density at radius 3 is 2.25 bits per heavy atom. The zero-order chi connectivity index (χ0) is 20.9. The molecule has 1 amide bonds. The number of rotatable bonds is 5. The van der Waals surface area contributed by atoms with Crippen molar-refractivity contribution in [2.24, 2.45) is 5.41 Å². The van der Waals surface area contributed by atoms with Crippen LogP contribution in [0.15, 0.2) is 42.7 Å². The summed E-state index contributed by atoms with van der Waals surface area (Å²) in [6, 6.07) is 8.56. The van der Waals surface area contributed by atoms with Gasteiger partial charge in [0, 0.05) is 12.4 Å². The monoisotopic (exact) mass is 387 g/mol. The second-order valence-electron chi connectivity index (χ2n) is 8.67. The Kier molecular flexibility index (Phi) is 6.48. The fourth-order valence-electron chi connectivity index (χ4n) is 2.46. The smallest absolute Gasteiger partial charge is 0.408 e. The highest BCUT2D eigenvalue weighted by molar-refractivity contribution is 5.82. The van der Waals surface area contributed by atoms with Crippen LogP contribution >= 0.6 is 0 Å². The van der Waals surface area contributed by atoms with Gasteiger partial charge in [-0.2, -0.15) is 5.10 Å². The molecular weight excluding hydrogens is 358 g/mol. The first-order valence-corrected chi connectivity index (χ1v) is 9.21. The normalized spacial score (nSPS) is 12.9. The van der Waals surface area contributed by atoms with Gasteiger partial charge in [-0.15, -0.1) is 0 Å². The second kappa shape index (κ2) is 8.46. The van der Waals surface area contributed by atoms with Crippen LogP contribution in [0.5, 0.6) is 0 Å². The number of aromatic nitrogens is 2. The molecule has 0 saturated carbocycles. The predicted molar refractivity (Wildman–Crippen MR) is 106 cm³/mol. The molecule has 1 aromatic heterocycles. The Labute approximate surface area is 166 Å². The molecule has 2 aromatic rings. The van der Waals surface area contributed by atoms with Crippen molar-refractivity contribution in [3.63, 3.8) is 0 Å². The van der Waals surface area contributed by atoms with Crippen LogP contribution < -0.4 is 5.32 Å². The number of nitrogens with zero attached hydrogens (tertiary/aromatic N) is 2. The van der Waals surface area contributed by atoms with E-state index >= 15 is 0 Å². The summed E-state index contributed by atoms with van der Waals surface area (Å²) in [6.45, 7) is 11.0. The topological polar surface area (TPSA) is 82.5 Å². The molecule has 0 spiro atoms. The summed E-state index contributed by atoms with van der Waals surface area (Å²) in [7, 11) is 0. The minimum Gasteiger partial charge on any atom is -0.459 e. The van der Waals surface area contributed by atoms with Crippen LogP contribution in [-0.2, 0) is 20.9 Å². The van der Waals surface area contributed by atoms with Crippen molar-refractivity contribution in [2.45, 2.75) is 59.8 Å². The molecule has 0 bridgehead atoms. The summed E-state index contributed by atoms with van der Waals surface area (Å²) in [5, 5.41) is 6.80. The third kappa shape index (κ3) is 6.40. The van der Waals surface area contributed by atoms with E-state index in [-0.39, 0.29) is 6.61 Å². The van der Waals surface area contributed by atoms with Crippen LogP contribution in [0, 0.1) is 5.41 Å². The Balaban J connectivity index is 1.98. The van der Waals surface area contributed by atoms with Crippen molar-refractivity contribution in [2.75, 3.05) is 0 Å². The number of hydrogen-bond acceptors (Lipinski definition) is 5. The molecule has 1 aromatic carbocycles. The maximum Gasteiger partial charge on any atom is 0.408 e.